The Bertz CT molecular complexity index is 1050. The summed E-state index contributed by atoms with van der Waals surface area (Å²) in [6.07, 6.45) is 2.90. The summed E-state index contributed by atoms with van der Waals surface area (Å²) in [5, 5.41) is 11.8. The summed E-state index contributed by atoms with van der Waals surface area (Å²) in [5.74, 6) is 0.849. The van der Waals surface area contributed by atoms with Gasteiger partial charge in [0, 0.05) is 18.9 Å². The van der Waals surface area contributed by atoms with E-state index in [0.29, 0.717) is 34.7 Å². The summed E-state index contributed by atoms with van der Waals surface area (Å²) in [6.45, 7) is 2.24. The average Bonchev–Trinajstić information content (AvgIpc) is 3.11. The van der Waals surface area contributed by atoms with Crippen molar-refractivity contribution in [1.29, 1.82) is 0 Å². The number of ether oxygens (including phenoxy) is 1. The van der Waals surface area contributed by atoms with Gasteiger partial charge in [0.05, 0.1) is 12.6 Å². The first kappa shape index (κ1) is 22.5. The van der Waals surface area contributed by atoms with Gasteiger partial charge in [-0.05, 0) is 55.0 Å². The zero-order valence-corrected chi connectivity index (χ0v) is 17.9. The van der Waals surface area contributed by atoms with Crippen LogP contribution >= 0.6 is 11.8 Å². The third kappa shape index (κ3) is 6.65. The number of amides is 1. The van der Waals surface area contributed by atoms with Crippen LogP contribution in [0.5, 0.6) is 5.75 Å². The lowest BCUT2D eigenvalue weighted by Gasteiger charge is -2.12. The standard InChI is InChI=1S/C22H22F2N4O2S/c1-15(25-20(29)11-6-16-4-3-5-18(24)14-16)21-26-27-22(28(21)2)31-13-12-30-19-9-7-17(23)8-10-19/h3-11,14-15H,12-13H2,1-2H3,(H,25,29)/b11-6+/t15-/m0/s1. The summed E-state index contributed by atoms with van der Waals surface area (Å²) in [5.41, 5.74) is 0.600. The van der Waals surface area contributed by atoms with Crippen molar-refractivity contribution in [2.24, 2.45) is 7.05 Å². The Labute approximate surface area is 183 Å². The predicted molar refractivity (Wildman–Crippen MR) is 116 cm³/mol. The molecule has 1 aromatic heterocycles. The van der Waals surface area contributed by atoms with E-state index in [1.165, 1.54) is 42.1 Å². The van der Waals surface area contributed by atoms with Crippen LogP contribution in [-0.4, -0.2) is 33.0 Å². The fourth-order valence-corrected chi connectivity index (χ4v) is 3.50. The molecule has 1 heterocycles. The quantitative estimate of drug-likeness (QED) is 0.305. The molecule has 0 aliphatic carbocycles. The fourth-order valence-electron chi connectivity index (χ4n) is 2.76. The monoisotopic (exact) mass is 444 g/mol. The van der Waals surface area contributed by atoms with Crippen molar-refractivity contribution < 1.29 is 18.3 Å². The van der Waals surface area contributed by atoms with E-state index in [1.807, 2.05) is 18.5 Å². The first-order chi connectivity index (χ1) is 14.9. The van der Waals surface area contributed by atoms with E-state index in [4.69, 9.17) is 4.74 Å². The second-order valence-corrected chi connectivity index (χ2v) is 7.73. The van der Waals surface area contributed by atoms with Crippen LogP contribution in [-0.2, 0) is 11.8 Å². The highest BCUT2D eigenvalue weighted by Crippen LogP contribution is 2.19. The molecule has 3 aromatic rings. The van der Waals surface area contributed by atoms with Crippen molar-refractivity contribution in [3.05, 3.63) is 77.6 Å². The highest BCUT2D eigenvalue weighted by atomic mass is 32.2. The Morgan fingerprint density at radius 1 is 1.19 bits per heavy atom. The molecule has 0 saturated carbocycles. The minimum Gasteiger partial charge on any atom is -0.493 e. The number of rotatable bonds is 9. The molecule has 0 radical (unpaired) electrons. The molecule has 0 aliphatic heterocycles. The van der Waals surface area contributed by atoms with E-state index in [2.05, 4.69) is 15.5 Å². The van der Waals surface area contributed by atoms with Gasteiger partial charge in [0.2, 0.25) is 5.91 Å². The largest absolute Gasteiger partial charge is 0.493 e. The number of carbonyl (C=O) groups excluding carboxylic acids is 1. The first-order valence-corrected chi connectivity index (χ1v) is 10.6. The summed E-state index contributed by atoms with van der Waals surface area (Å²) >= 11 is 1.46. The maximum absolute atomic E-state index is 13.2. The van der Waals surface area contributed by atoms with Crippen molar-refractivity contribution >= 4 is 23.7 Å². The molecule has 1 amide bonds. The van der Waals surface area contributed by atoms with Crippen molar-refractivity contribution in [3.8, 4) is 5.75 Å². The topological polar surface area (TPSA) is 69.0 Å². The van der Waals surface area contributed by atoms with Gasteiger partial charge in [-0.2, -0.15) is 0 Å². The molecular formula is C22H22F2N4O2S. The van der Waals surface area contributed by atoms with Gasteiger partial charge in [0.1, 0.15) is 17.4 Å². The lowest BCUT2D eigenvalue weighted by atomic mass is 10.2. The third-order valence-corrected chi connectivity index (χ3v) is 5.27. The summed E-state index contributed by atoms with van der Waals surface area (Å²) in [7, 11) is 1.82. The van der Waals surface area contributed by atoms with E-state index in [-0.39, 0.29) is 23.6 Å². The Balaban J connectivity index is 1.48. The van der Waals surface area contributed by atoms with E-state index in [0.717, 1.165) is 0 Å². The number of benzene rings is 2. The Morgan fingerprint density at radius 2 is 1.97 bits per heavy atom. The van der Waals surface area contributed by atoms with Gasteiger partial charge < -0.3 is 14.6 Å². The highest BCUT2D eigenvalue weighted by molar-refractivity contribution is 7.99. The fraction of sp³-hybridized carbons (Fsp3) is 0.227. The van der Waals surface area contributed by atoms with Crippen LogP contribution in [0.2, 0.25) is 0 Å². The number of hydrogen-bond acceptors (Lipinski definition) is 5. The van der Waals surface area contributed by atoms with Crippen molar-refractivity contribution in [3.63, 3.8) is 0 Å². The molecule has 2 aromatic carbocycles. The van der Waals surface area contributed by atoms with Crippen LogP contribution in [0.15, 0.2) is 59.8 Å². The Morgan fingerprint density at radius 3 is 2.71 bits per heavy atom. The van der Waals surface area contributed by atoms with Crippen molar-refractivity contribution in [1.82, 2.24) is 20.1 Å². The number of hydrogen-bond donors (Lipinski definition) is 1. The molecule has 0 unspecified atom stereocenters. The molecular weight excluding hydrogens is 422 g/mol. The van der Waals surface area contributed by atoms with Gasteiger partial charge in [-0.1, -0.05) is 23.9 Å². The molecule has 0 fully saturated rings. The van der Waals surface area contributed by atoms with Crippen LogP contribution in [0.1, 0.15) is 24.4 Å². The normalized spacial score (nSPS) is 12.1. The second kappa shape index (κ2) is 10.7. The molecule has 0 aliphatic rings. The van der Waals surface area contributed by atoms with E-state index in [1.54, 1.807) is 30.3 Å². The Hall–Kier alpha value is -3.20. The zero-order chi connectivity index (χ0) is 22.2. The lowest BCUT2D eigenvalue weighted by Crippen LogP contribution is -2.26. The predicted octanol–water partition coefficient (Wildman–Crippen LogP) is 4.16. The van der Waals surface area contributed by atoms with Gasteiger partial charge in [0.25, 0.3) is 0 Å². The summed E-state index contributed by atoms with van der Waals surface area (Å²) in [4.78, 5) is 12.2. The summed E-state index contributed by atoms with van der Waals surface area (Å²) < 4.78 is 33.5. The smallest absolute Gasteiger partial charge is 0.244 e. The molecule has 1 atom stereocenters. The number of thioether (sulfide) groups is 1. The molecule has 31 heavy (non-hydrogen) atoms. The maximum Gasteiger partial charge on any atom is 0.244 e. The average molecular weight is 445 g/mol. The highest BCUT2D eigenvalue weighted by Gasteiger charge is 2.16. The number of carbonyl (C=O) groups is 1. The maximum atomic E-state index is 13.2. The molecule has 0 bridgehead atoms. The van der Waals surface area contributed by atoms with E-state index < -0.39 is 0 Å². The lowest BCUT2D eigenvalue weighted by molar-refractivity contribution is -0.117. The van der Waals surface area contributed by atoms with Crippen LogP contribution in [0, 0.1) is 11.6 Å². The third-order valence-electron chi connectivity index (χ3n) is 4.29. The first-order valence-electron chi connectivity index (χ1n) is 9.57. The van der Waals surface area contributed by atoms with Gasteiger partial charge in [-0.15, -0.1) is 10.2 Å². The minimum atomic E-state index is -0.369. The van der Waals surface area contributed by atoms with Crippen LogP contribution in [0.3, 0.4) is 0 Å². The molecule has 0 spiro atoms. The van der Waals surface area contributed by atoms with Gasteiger partial charge in [-0.25, -0.2) is 8.78 Å². The van der Waals surface area contributed by atoms with E-state index in [9.17, 15) is 13.6 Å². The number of halogens is 2. The van der Waals surface area contributed by atoms with Crippen LogP contribution in [0.4, 0.5) is 8.78 Å². The van der Waals surface area contributed by atoms with Gasteiger partial charge >= 0.3 is 0 Å². The molecule has 162 valence electrons. The van der Waals surface area contributed by atoms with Crippen molar-refractivity contribution in [2.45, 2.75) is 18.1 Å². The number of nitrogens with one attached hydrogen (secondary N) is 1. The molecule has 3 rings (SSSR count). The second-order valence-electron chi connectivity index (χ2n) is 6.67. The number of aromatic nitrogens is 3. The summed E-state index contributed by atoms with van der Waals surface area (Å²) in [6, 6.07) is 11.5. The molecule has 9 heteroatoms. The SMILES string of the molecule is C[C@H](NC(=O)/C=C/c1cccc(F)c1)c1nnc(SCCOc2ccc(F)cc2)n1C. The van der Waals surface area contributed by atoms with Gasteiger partial charge in [0.15, 0.2) is 11.0 Å². The van der Waals surface area contributed by atoms with Gasteiger partial charge in [-0.3, -0.25) is 4.79 Å². The molecule has 0 saturated heterocycles. The van der Waals surface area contributed by atoms with Crippen LogP contribution in [0.25, 0.3) is 6.08 Å². The molecule has 6 nitrogen and oxygen atoms in total. The minimum absolute atomic E-state index is 0.306. The Kier molecular flexibility index (Phi) is 7.77. The zero-order valence-electron chi connectivity index (χ0n) is 17.1. The van der Waals surface area contributed by atoms with Crippen LogP contribution < -0.4 is 10.1 Å². The number of nitrogens with zero attached hydrogens (tertiary/aromatic N) is 3. The molecule has 1 N–H and O–H groups in total. The van der Waals surface area contributed by atoms with Crippen molar-refractivity contribution in [2.75, 3.05) is 12.4 Å². The van der Waals surface area contributed by atoms with E-state index >= 15 is 0 Å².